The molecule has 1 aromatic rings. The van der Waals surface area contributed by atoms with Crippen LogP contribution >= 0.6 is 0 Å². The quantitative estimate of drug-likeness (QED) is 0.837. The summed E-state index contributed by atoms with van der Waals surface area (Å²) in [5.41, 5.74) is 0.626. The van der Waals surface area contributed by atoms with Gasteiger partial charge in [-0.15, -0.1) is 0 Å². The second kappa shape index (κ2) is 5.96. The SMILES string of the molecule is CC[C@@H](C)CC(=O)N1[C@H](c2ccccc2)COC1(C)C. The first-order valence-corrected chi connectivity index (χ1v) is 7.46. The molecule has 1 fully saturated rings. The van der Waals surface area contributed by atoms with E-state index in [1.54, 1.807) is 0 Å². The van der Waals surface area contributed by atoms with Crippen molar-refractivity contribution in [3.8, 4) is 0 Å². The van der Waals surface area contributed by atoms with Crippen molar-refractivity contribution >= 4 is 5.91 Å². The van der Waals surface area contributed by atoms with Gasteiger partial charge in [0.05, 0.1) is 12.6 Å². The summed E-state index contributed by atoms with van der Waals surface area (Å²) in [4.78, 5) is 14.6. The monoisotopic (exact) mass is 275 g/mol. The van der Waals surface area contributed by atoms with Crippen LogP contribution in [0, 0.1) is 5.92 Å². The zero-order chi connectivity index (χ0) is 14.8. The second-order valence-electron chi connectivity index (χ2n) is 6.17. The molecule has 1 amide bonds. The highest BCUT2D eigenvalue weighted by Gasteiger charge is 2.44. The highest BCUT2D eigenvalue weighted by Crippen LogP contribution is 2.37. The van der Waals surface area contributed by atoms with Gasteiger partial charge < -0.3 is 9.64 Å². The summed E-state index contributed by atoms with van der Waals surface area (Å²) in [7, 11) is 0. The lowest BCUT2D eigenvalue weighted by molar-refractivity contribution is -0.147. The summed E-state index contributed by atoms with van der Waals surface area (Å²) in [5, 5.41) is 0. The van der Waals surface area contributed by atoms with E-state index in [4.69, 9.17) is 4.74 Å². The Morgan fingerprint density at radius 2 is 2.05 bits per heavy atom. The van der Waals surface area contributed by atoms with Crippen LogP contribution in [0.15, 0.2) is 30.3 Å². The second-order valence-corrected chi connectivity index (χ2v) is 6.17. The Hall–Kier alpha value is -1.35. The van der Waals surface area contributed by atoms with Crippen molar-refractivity contribution < 1.29 is 9.53 Å². The van der Waals surface area contributed by atoms with Gasteiger partial charge in [0.25, 0.3) is 0 Å². The number of carbonyl (C=O) groups excluding carboxylic acids is 1. The Morgan fingerprint density at radius 1 is 1.40 bits per heavy atom. The number of amides is 1. The Labute approximate surface area is 121 Å². The lowest BCUT2D eigenvalue weighted by atomic mass is 10.0. The number of nitrogens with zero attached hydrogens (tertiary/aromatic N) is 1. The van der Waals surface area contributed by atoms with Crippen LogP contribution in [0.1, 0.15) is 52.1 Å². The highest BCUT2D eigenvalue weighted by atomic mass is 16.5. The number of hydrogen-bond donors (Lipinski definition) is 0. The molecular weight excluding hydrogens is 250 g/mol. The fraction of sp³-hybridized carbons (Fsp3) is 0.588. The zero-order valence-electron chi connectivity index (χ0n) is 12.9. The van der Waals surface area contributed by atoms with Gasteiger partial charge in [0.15, 0.2) is 0 Å². The van der Waals surface area contributed by atoms with Gasteiger partial charge in [-0.25, -0.2) is 0 Å². The van der Waals surface area contributed by atoms with Gasteiger partial charge in [-0.1, -0.05) is 50.6 Å². The van der Waals surface area contributed by atoms with E-state index in [1.165, 1.54) is 0 Å². The molecule has 0 aliphatic carbocycles. The third kappa shape index (κ3) is 3.04. The normalized spacial score (nSPS) is 22.8. The summed E-state index contributed by atoms with van der Waals surface area (Å²) in [6.07, 6.45) is 1.61. The first kappa shape index (κ1) is 15.0. The minimum Gasteiger partial charge on any atom is -0.354 e. The fourth-order valence-corrected chi connectivity index (χ4v) is 2.74. The van der Waals surface area contributed by atoms with Crippen LogP contribution in [-0.4, -0.2) is 23.1 Å². The van der Waals surface area contributed by atoms with Gasteiger partial charge in [-0.2, -0.15) is 0 Å². The van der Waals surface area contributed by atoms with E-state index >= 15 is 0 Å². The Balaban J connectivity index is 2.23. The van der Waals surface area contributed by atoms with Gasteiger partial charge in [0, 0.05) is 6.42 Å². The summed E-state index contributed by atoms with van der Waals surface area (Å²) < 4.78 is 5.86. The maximum Gasteiger partial charge on any atom is 0.225 e. The van der Waals surface area contributed by atoms with Crippen LogP contribution in [0.5, 0.6) is 0 Å². The summed E-state index contributed by atoms with van der Waals surface area (Å²) >= 11 is 0. The maximum absolute atomic E-state index is 12.7. The maximum atomic E-state index is 12.7. The van der Waals surface area contributed by atoms with E-state index in [2.05, 4.69) is 26.0 Å². The van der Waals surface area contributed by atoms with Gasteiger partial charge in [-0.3, -0.25) is 4.79 Å². The van der Waals surface area contributed by atoms with Gasteiger partial charge in [-0.05, 0) is 25.3 Å². The van der Waals surface area contributed by atoms with Gasteiger partial charge in [0.2, 0.25) is 5.91 Å². The minimum atomic E-state index is -0.523. The zero-order valence-corrected chi connectivity index (χ0v) is 12.9. The molecule has 0 aromatic heterocycles. The molecule has 1 heterocycles. The molecule has 110 valence electrons. The lowest BCUT2D eigenvalue weighted by Gasteiger charge is -2.34. The summed E-state index contributed by atoms with van der Waals surface area (Å²) in [5.74, 6) is 0.603. The molecule has 1 aliphatic rings. The third-order valence-electron chi connectivity index (χ3n) is 4.16. The molecule has 1 aliphatic heterocycles. The number of benzene rings is 1. The molecular formula is C17H25NO2. The first-order chi connectivity index (χ1) is 9.45. The number of hydrogen-bond acceptors (Lipinski definition) is 2. The molecule has 1 saturated heterocycles. The van der Waals surface area contributed by atoms with Crippen molar-refractivity contribution in [2.24, 2.45) is 5.92 Å². The average molecular weight is 275 g/mol. The first-order valence-electron chi connectivity index (χ1n) is 7.46. The fourth-order valence-electron chi connectivity index (χ4n) is 2.74. The predicted molar refractivity (Wildman–Crippen MR) is 80.1 cm³/mol. The number of rotatable bonds is 4. The van der Waals surface area contributed by atoms with Crippen LogP contribution in [0.2, 0.25) is 0 Å². The molecule has 2 rings (SSSR count). The van der Waals surface area contributed by atoms with Crippen LogP contribution in [0.4, 0.5) is 0 Å². The summed E-state index contributed by atoms with van der Waals surface area (Å²) in [6.45, 7) is 8.77. The van der Waals surface area contributed by atoms with E-state index in [9.17, 15) is 4.79 Å². The molecule has 1 aromatic carbocycles. The van der Waals surface area contributed by atoms with Crippen molar-refractivity contribution in [1.29, 1.82) is 0 Å². The minimum absolute atomic E-state index is 0.0303. The molecule has 20 heavy (non-hydrogen) atoms. The van der Waals surface area contributed by atoms with Crippen molar-refractivity contribution in [2.75, 3.05) is 6.61 Å². The highest BCUT2D eigenvalue weighted by molar-refractivity contribution is 5.78. The number of carbonyl (C=O) groups is 1. The smallest absolute Gasteiger partial charge is 0.225 e. The molecule has 3 nitrogen and oxygen atoms in total. The standard InChI is InChI=1S/C17H25NO2/c1-5-13(2)11-16(19)18-15(12-20-17(18,3)4)14-9-7-6-8-10-14/h6-10,13,15H,5,11-12H2,1-4H3/t13-,15+/m1/s1. The molecule has 0 saturated carbocycles. The average Bonchev–Trinajstić information content (AvgIpc) is 2.75. The molecule has 0 spiro atoms. The van der Waals surface area contributed by atoms with Crippen molar-refractivity contribution in [2.45, 2.75) is 52.3 Å². The van der Waals surface area contributed by atoms with Gasteiger partial charge >= 0.3 is 0 Å². The van der Waals surface area contributed by atoms with Gasteiger partial charge in [0.1, 0.15) is 5.72 Å². The molecule has 2 atom stereocenters. The molecule has 3 heteroatoms. The van der Waals surface area contributed by atoms with Crippen LogP contribution in [0.25, 0.3) is 0 Å². The van der Waals surface area contributed by atoms with E-state index in [1.807, 2.05) is 36.9 Å². The van der Waals surface area contributed by atoms with Crippen molar-refractivity contribution in [3.63, 3.8) is 0 Å². The Bertz CT molecular complexity index is 455. The van der Waals surface area contributed by atoms with Crippen LogP contribution in [0.3, 0.4) is 0 Å². The molecule has 0 radical (unpaired) electrons. The van der Waals surface area contributed by atoms with E-state index < -0.39 is 5.72 Å². The van der Waals surface area contributed by atoms with E-state index in [0.29, 0.717) is 18.9 Å². The predicted octanol–water partition coefficient (Wildman–Crippen LogP) is 3.76. The molecule has 0 bridgehead atoms. The molecule has 0 unspecified atom stereocenters. The summed E-state index contributed by atoms with van der Waals surface area (Å²) in [6, 6.07) is 10.2. The van der Waals surface area contributed by atoms with Crippen LogP contribution in [-0.2, 0) is 9.53 Å². The Morgan fingerprint density at radius 3 is 2.65 bits per heavy atom. The largest absolute Gasteiger partial charge is 0.354 e. The van der Waals surface area contributed by atoms with Crippen molar-refractivity contribution in [1.82, 2.24) is 4.90 Å². The van der Waals surface area contributed by atoms with Crippen LogP contribution < -0.4 is 0 Å². The van der Waals surface area contributed by atoms with Crippen molar-refractivity contribution in [3.05, 3.63) is 35.9 Å². The van der Waals surface area contributed by atoms with E-state index in [0.717, 1.165) is 12.0 Å². The Kier molecular flexibility index (Phi) is 4.48. The van der Waals surface area contributed by atoms with E-state index in [-0.39, 0.29) is 11.9 Å². The number of ether oxygens (including phenoxy) is 1. The topological polar surface area (TPSA) is 29.5 Å². The third-order valence-corrected chi connectivity index (χ3v) is 4.16. The lowest BCUT2D eigenvalue weighted by Crippen LogP contribution is -2.45. The molecule has 0 N–H and O–H groups in total.